The smallest absolute Gasteiger partial charge is 0.241 e. The lowest BCUT2D eigenvalue weighted by atomic mass is 10.2. The SMILES string of the molecule is CCOc1ccc(NC(=O)[C@H](C)N2CCN(C/C=C/c3ccccc3)CC2)cc1. The third-order valence-corrected chi connectivity index (χ3v) is 5.24. The molecule has 1 heterocycles. The highest BCUT2D eigenvalue weighted by Gasteiger charge is 2.25. The molecular weight excluding hydrogens is 362 g/mol. The Kier molecular flexibility index (Phi) is 7.85. The number of hydrogen-bond acceptors (Lipinski definition) is 4. The number of carbonyl (C=O) groups excluding carboxylic acids is 1. The number of ether oxygens (including phenoxy) is 1. The number of hydrogen-bond donors (Lipinski definition) is 1. The zero-order chi connectivity index (χ0) is 20.5. The lowest BCUT2D eigenvalue weighted by molar-refractivity contribution is -0.121. The van der Waals surface area contributed by atoms with Crippen molar-refractivity contribution in [3.05, 3.63) is 66.2 Å². The molecule has 2 aromatic rings. The third kappa shape index (κ3) is 6.44. The molecule has 2 aromatic carbocycles. The van der Waals surface area contributed by atoms with Crippen molar-refractivity contribution >= 4 is 17.7 Å². The molecule has 1 fully saturated rings. The first kappa shape index (κ1) is 21.1. The molecule has 1 aliphatic heterocycles. The second kappa shape index (κ2) is 10.8. The molecule has 3 rings (SSSR count). The number of carbonyl (C=O) groups is 1. The molecule has 1 N–H and O–H groups in total. The van der Waals surface area contributed by atoms with E-state index in [9.17, 15) is 4.79 Å². The van der Waals surface area contributed by atoms with Gasteiger partial charge in [-0.1, -0.05) is 42.5 Å². The van der Waals surface area contributed by atoms with Crippen LogP contribution < -0.4 is 10.1 Å². The van der Waals surface area contributed by atoms with Crippen LogP contribution in [0.4, 0.5) is 5.69 Å². The van der Waals surface area contributed by atoms with Crippen LogP contribution in [0.5, 0.6) is 5.75 Å². The summed E-state index contributed by atoms with van der Waals surface area (Å²) in [6.07, 6.45) is 4.38. The summed E-state index contributed by atoms with van der Waals surface area (Å²) in [5.74, 6) is 0.850. The van der Waals surface area contributed by atoms with Crippen molar-refractivity contribution in [2.75, 3.05) is 44.6 Å². The number of amides is 1. The van der Waals surface area contributed by atoms with Crippen LogP contribution in [0.2, 0.25) is 0 Å². The minimum atomic E-state index is -0.149. The first-order chi connectivity index (χ1) is 14.2. The molecule has 0 saturated carbocycles. The molecular formula is C24H31N3O2. The standard InChI is InChI=1S/C24H31N3O2/c1-3-29-23-13-11-22(12-14-23)25-24(28)20(2)27-18-16-26(17-19-27)15-7-10-21-8-5-4-6-9-21/h4-14,20H,3,15-19H2,1-2H3,(H,25,28)/b10-7+/t20-/m0/s1. The Morgan fingerprint density at radius 2 is 1.76 bits per heavy atom. The highest BCUT2D eigenvalue weighted by Crippen LogP contribution is 2.16. The fourth-order valence-electron chi connectivity index (χ4n) is 3.45. The molecule has 0 aromatic heterocycles. The van der Waals surface area contributed by atoms with Crippen molar-refractivity contribution in [1.29, 1.82) is 0 Å². The maximum Gasteiger partial charge on any atom is 0.241 e. The predicted molar refractivity (Wildman–Crippen MR) is 119 cm³/mol. The summed E-state index contributed by atoms with van der Waals surface area (Å²) in [5, 5.41) is 3.01. The van der Waals surface area contributed by atoms with Gasteiger partial charge < -0.3 is 10.1 Å². The lowest BCUT2D eigenvalue weighted by Gasteiger charge is -2.37. The molecule has 29 heavy (non-hydrogen) atoms. The van der Waals surface area contributed by atoms with Crippen LogP contribution >= 0.6 is 0 Å². The van der Waals surface area contributed by atoms with E-state index < -0.39 is 0 Å². The highest BCUT2D eigenvalue weighted by atomic mass is 16.5. The summed E-state index contributed by atoms with van der Waals surface area (Å²) in [6.45, 7) is 9.26. The lowest BCUT2D eigenvalue weighted by Crippen LogP contribution is -2.52. The molecule has 0 aliphatic carbocycles. The normalized spacial score (nSPS) is 16.6. The fraction of sp³-hybridized carbons (Fsp3) is 0.375. The van der Waals surface area contributed by atoms with Crippen LogP contribution in [0.3, 0.4) is 0 Å². The largest absolute Gasteiger partial charge is 0.494 e. The van der Waals surface area contributed by atoms with Gasteiger partial charge in [0.15, 0.2) is 0 Å². The number of anilines is 1. The maximum atomic E-state index is 12.6. The van der Waals surface area contributed by atoms with E-state index >= 15 is 0 Å². The summed E-state index contributed by atoms with van der Waals surface area (Å²) < 4.78 is 5.44. The Morgan fingerprint density at radius 1 is 1.07 bits per heavy atom. The van der Waals surface area contributed by atoms with Gasteiger partial charge in [-0.3, -0.25) is 14.6 Å². The van der Waals surface area contributed by atoms with Gasteiger partial charge >= 0.3 is 0 Å². The number of benzene rings is 2. The monoisotopic (exact) mass is 393 g/mol. The van der Waals surface area contributed by atoms with E-state index in [-0.39, 0.29) is 11.9 Å². The number of nitrogens with one attached hydrogen (secondary N) is 1. The van der Waals surface area contributed by atoms with Crippen LogP contribution in [0.15, 0.2) is 60.7 Å². The molecule has 0 spiro atoms. The quantitative estimate of drug-likeness (QED) is 0.742. The molecule has 1 aliphatic rings. The molecule has 0 radical (unpaired) electrons. The van der Waals surface area contributed by atoms with Gasteiger partial charge in [-0.2, -0.15) is 0 Å². The molecule has 1 atom stereocenters. The number of piperazine rings is 1. The maximum absolute atomic E-state index is 12.6. The Labute approximate surface area is 174 Å². The minimum Gasteiger partial charge on any atom is -0.494 e. The van der Waals surface area contributed by atoms with Crippen molar-refractivity contribution in [3.63, 3.8) is 0 Å². The summed E-state index contributed by atoms with van der Waals surface area (Å²) in [5.41, 5.74) is 2.03. The zero-order valence-corrected chi connectivity index (χ0v) is 17.4. The fourth-order valence-corrected chi connectivity index (χ4v) is 3.45. The summed E-state index contributed by atoms with van der Waals surface area (Å²) in [4.78, 5) is 17.3. The molecule has 5 heteroatoms. The van der Waals surface area contributed by atoms with E-state index in [4.69, 9.17) is 4.74 Å². The molecule has 154 valence electrons. The number of nitrogens with zero attached hydrogens (tertiary/aromatic N) is 2. The minimum absolute atomic E-state index is 0.0339. The Hall–Kier alpha value is -2.63. The molecule has 1 amide bonds. The van der Waals surface area contributed by atoms with Crippen molar-refractivity contribution in [1.82, 2.24) is 9.80 Å². The van der Waals surface area contributed by atoms with Gasteiger partial charge in [-0.25, -0.2) is 0 Å². The first-order valence-electron chi connectivity index (χ1n) is 10.4. The van der Waals surface area contributed by atoms with Gasteiger partial charge in [0.2, 0.25) is 5.91 Å². The van der Waals surface area contributed by atoms with Gasteiger partial charge in [-0.15, -0.1) is 0 Å². The van der Waals surface area contributed by atoms with Crippen LogP contribution in [-0.2, 0) is 4.79 Å². The zero-order valence-electron chi connectivity index (χ0n) is 17.4. The van der Waals surface area contributed by atoms with Crippen LogP contribution in [-0.4, -0.2) is 61.1 Å². The Morgan fingerprint density at radius 3 is 2.41 bits per heavy atom. The van der Waals surface area contributed by atoms with Crippen molar-refractivity contribution in [2.24, 2.45) is 0 Å². The average Bonchev–Trinajstić information content (AvgIpc) is 2.76. The second-order valence-corrected chi connectivity index (χ2v) is 7.27. The molecule has 0 unspecified atom stereocenters. The highest BCUT2D eigenvalue weighted by molar-refractivity contribution is 5.94. The van der Waals surface area contributed by atoms with Gasteiger partial charge in [0.1, 0.15) is 5.75 Å². The van der Waals surface area contributed by atoms with Crippen LogP contribution in [0, 0.1) is 0 Å². The van der Waals surface area contributed by atoms with Gasteiger partial charge in [-0.05, 0) is 43.7 Å². The molecule has 1 saturated heterocycles. The summed E-state index contributed by atoms with van der Waals surface area (Å²) in [6, 6.07) is 17.7. The van der Waals surface area contributed by atoms with Crippen molar-refractivity contribution in [2.45, 2.75) is 19.9 Å². The Balaban J connectivity index is 1.42. The van der Waals surface area contributed by atoms with E-state index in [2.05, 4.69) is 51.5 Å². The Bertz CT molecular complexity index is 782. The van der Waals surface area contributed by atoms with Crippen LogP contribution in [0.25, 0.3) is 6.08 Å². The second-order valence-electron chi connectivity index (χ2n) is 7.27. The number of rotatable bonds is 8. The van der Waals surface area contributed by atoms with Crippen molar-refractivity contribution < 1.29 is 9.53 Å². The first-order valence-corrected chi connectivity index (χ1v) is 10.4. The predicted octanol–water partition coefficient (Wildman–Crippen LogP) is 3.74. The van der Waals surface area contributed by atoms with Crippen LogP contribution in [0.1, 0.15) is 19.4 Å². The van der Waals surface area contributed by atoms with E-state index in [1.807, 2.05) is 44.2 Å². The average molecular weight is 394 g/mol. The van der Waals surface area contributed by atoms with E-state index in [1.165, 1.54) is 5.56 Å². The topological polar surface area (TPSA) is 44.8 Å². The summed E-state index contributed by atoms with van der Waals surface area (Å²) >= 11 is 0. The van der Waals surface area contributed by atoms with E-state index in [0.717, 1.165) is 44.2 Å². The van der Waals surface area contributed by atoms with Crippen molar-refractivity contribution in [3.8, 4) is 5.75 Å². The van der Waals surface area contributed by atoms with Gasteiger partial charge in [0.05, 0.1) is 12.6 Å². The van der Waals surface area contributed by atoms with Gasteiger partial charge in [0.25, 0.3) is 0 Å². The van der Waals surface area contributed by atoms with E-state index in [0.29, 0.717) is 6.61 Å². The van der Waals surface area contributed by atoms with Gasteiger partial charge in [0, 0.05) is 38.4 Å². The van der Waals surface area contributed by atoms with E-state index in [1.54, 1.807) is 0 Å². The summed E-state index contributed by atoms with van der Waals surface area (Å²) in [7, 11) is 0. The molecule has 0 bridgehead atoms. The molecule has 5 nitrogen and oxygen atoms in total. The third-order valence-electron chi connectivity index (χ3n) is 5.24.